The minimum Gasteiger partial charge on any atom is -0.355 e. The van der Waals surface area contributed by atoms with E-state index >= 15 is 0 Å². The number of benzene rings is 1. The number of non-ortho nitro benzene ring substituents is 1. The highest BCUT2D eigenvalue weighted by molar-refractivity contribution is 5.91. The van der Waals surface area contributed by atoms with Crippen LogP contribution in [-0.2, 0) is 0 Å². The zero-order chi connectivity index (χ0) is 12.4. The Morgan fingerprint density at radius 3 is 2.71 bits per heavy atom. The van der Waals surface area contributed by atoms with E-state index in [-0.39, 0.29) is 5.69 Å². The van der Waals surface area contributed by atoms with Gasteiger partial charge in [0.1, 0.15) is 0 Å². The summed E-state index contributed by atoms with van der Waals surface area (Å²) in [5, 5.41) is 18.6. The monoisotopic (exact) mass is 234 g/mol. The van der Waals surface area contributed by atoms with Crippen LogP contribution in [0.15, 0.2) is 18.2 Å². The van der Waals surface area contributed by atoms with E-state index in [1.807, 2.05) is 0 Å². The fraction of sp³-hybridized carbons (Fsp3) is 0.364. The van der Waals surface area contributed by atoms with Gasteiger partial charge in [0, 0.05) is 30.6 Å². The molecule has 1 heterocycles. The van der Waals surface area contributed by atoms with E-state index in [0.29, 0.717) is 5.52 Å². The van der Waals surface area contributed by atoms with Gasteiger partial charge in [-0.2, -0.15) is 5.10 Å². The number of nitrogens with zero attached hydrogens (tertiary/aromatic N) is 3. The van der Waals surface area contributed by atoms with Crippen LogP contribution in [0.4, 0.5) is 11.5 Å². The molecule has 1 aromatic heterocycles. The van der Waals surface area contributed by atoms with Crippen LogP contribution in [0.1, 0.15) is 13.8 Å². The smallest absolute Gasteiger partial charge is 0.271 e. The minimum absolute atomic E-state index is 0.0762. The molecule has 0 aliphatic heterocycles. The average Bonchev–Trinajstić information content (AvgIpc) is 2.74. The summed E-state index contributed by atoms with van der Waals surface area (Å²) in [5.74, 6) is 0.847. The molecule has 0 saturated heterocycles. The van der Waals surface area contributed by atoms with Crippen LogP contribution < -0.4 is 4.90 Å². The second-order valence-electron chi connectivity index (χ2n) is 3.71. The molecular weight excluding hydrogens is 220 g/mol. The van der Waals surface area contributed by atoms with Crippen LogP contribution in [0.25, 0.3) is 10.9 Å². The van der Waals surface area contributed by atoms with E-state index in [9.17, 15) is 10.1 Å². The lowest BCUT2D eigenvalue weighted by Gasteiger charge is -2.17. The van der Waals surface area contributed by atoms with Gasteiger partial charge in [0.25, 0.3) is 5.69 Å². The molecule has 2 rings (SSSR count). The van der Waals surface area contributed by atoms with Gasteiger partial charge in [0.05, 0.1) is 10.4 Å². The zero-order valence-electron chi connectivity index (χ0n) is 9.80. The number of aromatic amines is 1. The number of aromatic nitrogens is 2. The van der Waals surface area contributed by atoms with E-state index in [1.54, 1.807) is 6.07 Å². The predicted octanol–water partition coefficient (Wildman–Crippen LogP) is 2.32. The molecule has 17 heavy (non-hydrogen) atoms. The Balaban J connectivity index is 2.51. The number of fused-ring (bicyclic) bond motifs is 1. The first-order valence-electron chi connectivity index (χ1n) is 5.54. The molecule has 6 nitrogen and oxygen atoms in total. The van der Waals surface area contributed by atoms with Crippen molar-refractivity contribution in [3.05, 3.63) is 28.3 Å². The van der Waals surface area contributed by atoms with Crippen LogP contribution in [0, 0.1) is 10.1 Å². The van der Waals surface area contributed by atoms with Gasteiger partial charge in [-0.3, -0.25) is 15.2 Å². The molecule has 6 heteroatoms. The molecule has 1 N–H and O–H groups in total. The van der Waals surface area contributed by atoms with E-state index in [1.165, 1.54) is 12.1 Å². The highest BCUT2D eigenvalue weighted by atomic mass is 16.6. The molecule has 0 aliphatic rings. The number of hydrogen-bond acceptors (Lipinski definition) is 4. The fourth-order valence-corrected chi connectivity index (χ4v) is 1.87. The van der Waals surface area contributed by atoms with Crippen molar-refractivity contribution < 1.29 is 4.92 Å². The number of anilines is 1. The van der Waals surface area contributed by atoms with E-state index < -0.39 is 4.92 Å². The van der Waals surface area contributed by atoms with Gasteiger partial charge in [0.2, 0.25) is 0 Å². The van der Waals surface area contributed by atoms with E-state index in [4.69, 9.17) is 0 Å². The van der Waals surface area contributed by atoms with Crippen LogP contribution >= 0.6 is 0 Å². The SMILES string of the molecule is CCN(CC)c1n[nH]c2cc([N+](=O)[O-])ccc12. The first kappa shape index (κ1) is 11.4. The molecule has 0 amide bonds. The van der Waals surface area contributed by atoms with Crippen molar-refractivity contribution in [1.82, 2.24) is 10.2 Å². The lowest BCUT2D eigenvalue weighted by molar-refractivity contribution is -0.384. The van der Waals surface area contributed by atoms with Crippen molar-refractivity contribution in [1.29, 1.82) is 0 Å². The van der Waals surface area contributed by atoms with Gasteiger partial charge in [-0.25, -0.2) is 0 Å². The van der Waals surface area contributed by atoms with Crippen molar-refractivity contribution in [2.75, 3.05) is 18.0 Å². The number of rotatable bonds is 4. The quantitative estimate of drug-likeness (QED) is 0.650. The predicted molar refractivity (Wildman–Crippen MR) is 66.3 cm³/mol. The summed E-state index contributed by atoms with van der Waals surface area (Å²) in [5.41, 5.74) is 0.772. The number of nitro groups is 1. The number of hydrogen-bond donors (Lipinski definition) is 1. The molecule has 90 valence electrons. The van der Waals surface area contributed by atoms with Crippen molar-refractivity contribution in [3.63, 3.8) is 0 Å². The standard InChI is InChI=1S/C11H14N4O2/c1-3-14(4-2)11-9-6-5-8(15(16)17)7-10(9)12-13-11/h5-7H,3-4H2,1-2H3,(H,12,13). The van der Waals surface area contributed by atoms with Gasteiger partial charge in [-0.15, -0.1) is 0 Å². The Hall–Kier alpha value is -2.11. The summed E-state index contributed by atoms with van der Waals surface area (Å²) in [6.07, 6.45) is 0. The zero-order valence-corrected chi connectivity index (χ0v) is 9.80. The van der Waals surface area contributed by atoms with Crippen molar-refractivity contribution in [2.24, 2.45) is 0 Å². The van der Waals surface area contributed by atoms with Crippen LogP contribution in [-0.4, -0.2) is 28.2 Å². The fourth-order valence-electron chi connectivity index (χ4n) is 1.87. The van der Waals surface area contributed by atoms with Crippen molar-refractivity contribution in [2.45, 2.75) is 13.8 Å². The molecule has 1 aromatic carbocycles. The minimum atomic E-state index is -0.405. The summed E-state index contributed by atoms with van der Waals surface area (Å²) in [6.45, 7) is 5.81. The second-order valence-corrected chi connectivity index (χ2v) is 3.71. The Morgan fingerprint density at radius 2 is 2.12 bits per heavy atom. The summed E-state index contributed by atoms with van der Waals surface area (Å²) in [7, 11) is 0. The number of H-pyrrole nitrogens is 1. The molecule has 2 aromatic rings. The topological polar surface area (TPSA) is 75.1 Å². The van der Waals surface area contributed by atoms with Crippen molar-refractivity contribution in [3.8, 4) is 0 Å². The molecule has 0 saturated carbocycles. The highest BCUT2D eigenvalue weighted by Gasteiger charge is 2.14. The van der Waals surface area contributed by atoms with Gasteiger partial charge >= 0.3 is 0 Å². The van der Waals surface area contributed by atoms with Crippen LogP contribution in [0.2, 0.25) is 0 Å². The maximum absolute atomic E-state index is 10.7. The lowest BCUT2D eigenvalue weighted by Crippen LogP contribution is -2.22. The number of nitro benzene ring substituents is 1. The summed E-state index contributed by atoms with van der Waals surface area (Å²) in [4.78, 5) is 12.4. The van der Waals surface area contributed by atoms with Crippen LogP contribution in [0.5, 0.6) is 0 Å². The van der Waals surface area contributed by atoms with Crippen molar-refractivity contribution >= 4 is 22.4 Å². The Kier molecular flexibility index (Phi) is 2.95. The maximum atomic E-state index is 10.7. The van der Waals surface area contributed by atoms with Gasteiger partial charge in [-0.05, 0) is 19.9 Å². The summed E-state index contributed by atoms with van der Waals surface area (Å²) < 4.78 is 0. The van der Waals surface area contributed by atoms with Gasteiger partial charge < -0.3 is 4.90 Å². The lowest BCUT2D eigenvalue weighted by atomic mass is 10.2. The maximum Gasteiger partial charge on any atom is 0.271 e. The normalized spacial score (nSPS) is 10.7. The molecule has 0 radical (unpaired) electrons. The Bertz CT molecular complexity index is 545. The highest BCUT2D eigenvalue weighted by Crippen LogP contribution is 2.26. The average molecular weight is 234 g/mol. The first-order chi connectivity index (χ1) is 8.17. The molecule has 0 atom stereocenters. The third-order valence-corrected chi connectivity index (χ3v) is 2.80. The van der Waals surface area contributed by atoms with Gasteiger partial charge in [0.15, 0.2) is 5.82 Å². The summed E-state index contributed by atoms with van der Waals surface area (Å²) in [6, 6.07) is 4.75. The van der Waals surface area contributed by atoms with Crippen LogP contribution in [0.3, 0.4) is 0 Å². The Morgan fingerprint density at radius 1 is 1.41 bits per heavy atom. The Labute approximate surface area is 98.4 Å². The molecule has 0 bridgehead atoms. The molecule has 0 spiro atoms. The molecule has 0 aliphatic carbocycles. The third-order valence-electron chi connectivity index (χ3n) is 2.80. The second kappa shape index (κ2) is 4.40. The van der Waals surface area contributed by atoms with Gasteiger partial charge in [-0.1, -0.05) is 0 Å². The largest absolute Gasteiger partial charge is 0.355 e. The number of nitrogens with one attached hydrogen (secondary N) is 1. The van der Waals surface area contributed by atoms with E-state index in [0.717, 1.165) is 24.3 Å². The third kappa shape index (κ3) is 1.93. The first-order valence-corrected chi connectivity index (χ1v) is 5.54. The molecule has 0 unspecified atom stereocenters. The summed E-state index contributed by atoms with van der Waals surface area (Å²) >= 11 is 0. The molecule has 0 fully saturated rings. The molecular formula is C11H14N4O2. The van der Waals surface area contributed by atoms with E-state index in [2.05, 4.69) is 28.9 Å².